The van der Waals surface area contributed by atoms with E-state index < -0.39 is 0 Å². The van der Waals surface area contributed by atoms with E-state index in [0.717, 1.165) is 106 Å². The highest BCUT2D eigenvalue weighted by Crippen LogP contribution is 2.35. The van der Waals surface area contributed by atoms with E-state index in [-0.39, 0.29) is 0 Å². The maximum Gasteiger partial charge on any atom is 0.160 e. The Balaban J connectivity index is 0.947. The zero-order chi connectivity index (χ0) is 40.7. The molecule has 5 nitrogen and oxygen atoms in total. The van der Waals surface area contributed by atoms with Crippen LogP contribution in [0.3, 0.4) is 0 Å². The summed E-state index contributed by atoms with van der Waals surface area (Å²) in [7, 11) is 0. The SMILES string of the molecule is Cc1cc(-c2ccccc2)nc2c1ccc1ccc(-c3ccc(-c4cccc(-c5cc(-c6cccc(-c7ccnc8ccccc78)c6)nc(-c6ccccc6)n5)c4)cc3)nc12. The van der Waals surface area contributed by atoms with E-state index in [1.54, 1.807) is 0 Å². The molecule has 0 bridgehead atoms. The van der Waals surface area contributed by atoms with E-state index in [1.807, 2.05) is 36.5 Å². The van der Waals surface area contributed by atoms with E-state index in [4.69, 9.17) is 19.9 Å². The Kier molecular flexibility index (Phi) is 8.98. The van der Waals surface area contributed by atoms with Crippen molar-refractivity contribution in [1.82, 2.24) is 24.9 Å². The number of aromatic nitrogens is 5. The molecular weight excluding hydrogens is 743 g/mol. The highest BCUT2D eigenvalue weighted by Gasteiger charge is 2.15. The molecule has 0 amide bonds. The van der Waals surface area contributed by atoms with Gasteiger partial charge in [0.15, 0.2) is 5.82 Å². The van der Waals surface area contributed by atoms with Gasteiger partial charge in [0.1, 0.15) is 0 Å². The van der Waals surface area contributed by atoms with Gasteiger partial charge in [-0.05, 0) is 77.2 Å². The summed E-state index contributed by atoms with van der Waals surface area (Å²) in [6.45, 7) is 2.15. The lowest BCUT2D eigenvalue weighted by Gasteiger charge is -2.12. The van der Waals surface area contributed by atoms with Gasteiger partial charge in [0.05, 0.1) is 39.3 Å². The predicted octanol–water partition coefficient (Wildman–Crippen LogP) is 14.1. The molecule has 0 spiro atoms. The first-order valence-corrected chi connectivity index (χ1v) is 20.5. The molecule has 0 aliphatic rings. The van der Waals surface area contributed by atoms with E-state index in [9.17, 15) is 0 Å². The fourth-order valence-corrected chi connectivity index (χ4v) is 8.30. The number of benzene rings is 7. The van der Waals surface area contributed by atoms with Gasteiger partial charge in [0, 0.05) is 50.2 Å². The summed E-state index contributed by atoms with van der Waals surface area (Å²) in [5.74, 6) is 0.680. The van der Waals surface area contributed by atoms with Crippen LogP contribution in [0.1, 0.15) is 5.56 Å². The molecule has 0 saturated heterocycles. The molecule has 0 radical (unpaired) electrons. The van der Waals surface area contributed by atoms with Crippen LogP contribution in [0.5, 0.6) is 0 Å². The van der Waals surface area contributed by atoms with Gasteiger partial charge in [-0.1, -0.05) is 158 Å². The van der Waals surface area contributed by atoms with Crippen molar-refractivity contribution in [3.63, 3.8) is 0 Å². The zero-order valence-electron chi connectivity index (χ0n) is 33.4. The molecule has 61 heavy (non-hydrogen) atoms. The monoisotopic (exact) mass is 779 g/mol. The third-order valence-corrected chi connectivity index (χ3v) is 11.5. The summed E-state index contributed by atoms with van der Waals surface area (Å²) in [5.41, 5.74) is 17.2. The van der Waals surface area contributed by atoms with Crippen molar-refractivity contribution in [2.75, 3.05) is 0 Å². The minimum atomic E-state index is 0.680. The number of rotatable bonds is 7. The summed E-state index contributed by atoms with van der Waals surface area (Å²) in [5, 5.41) is 3.30. The maximum absolute atomic E-state index is 5.23. The van der Waals surface area contributed by atoms with Crippen molar-refractivity contribution in [2.45, 2.75) is 6.92 Å². The number of nitrogens with zero attached hydrogens (tertiary/aromatic N) is 5. The van der Waals surface area contributed by atoms with Gasteiger partial charge in [0.2, 0.25) is 0 Å². The third kappa shape index (κ3) is 6.88. The quantitative estimate of drug-likeness (QED) is 0.151. The summed E-state index contributed by atoms with van der Waals surface area (Å²) in [4.78, 5) is 25.3. The molecule has 0 unspecified atom stereocenters. The summed E-state index contributed by atoms with van der Waals surface area (Å²) in [6.07, 6.45) is 1.88. The zero-order valence-corrected chi connectivity index (χ0v) is 33.4. The Morgan fingerprint density at radius 2 is 0.902 bits per heavy atom. The van der Waals surface area contributed by atoms with Crippen LogP contribution in [-0.2, 0) is 0 Å². The summed E-state index contributed by atoms with van der Waals surface area (Å²) >= 11 is 0. The average molecular weight is 780 g/mol. The van der Waals surface area contributed by atoms with Gasteiger partial charge >= 0.3 is 0 Å². The first kappa shape index (κ1) is 36.0. The minimum absolute atomic E-state index is 0.680. The van der Waals surface area contributed by atoms with Crippen molar-refractivity contribution in [3.05, 3.63) is 212 Å². The Labute approximate surface area is 353 Å². The fraction of sp³-hybridized carbons (Fsp3) is 0.0179. The maximum atomic E-state index is 5.23. The molecule has 286 valence electrons. The second-order valence-electron chi connectivity index (χ2n) is 15.4. The van der Waals surface area contributed by atoms with Crippen molar-refractivity contribution in [3.8, 4) is 78.7 Å². The van der Waals surface area contributed by atoms with E-state index in [1.165, 1.54) is 5.56 Å². The van der Waals surface area contributed by atoms with E-state index >= 15 is 0 Å². The molecule has 0 saturated carbocycles. The van der Waals surface area contributed by atoms with E-state index in [0.29, 0.717) is 5.82 Å². The predicted molar refractivity (Wildman–Crippen MR) is 251 cm³/mol. The van der Waals surface area contributed by atoms with Gasteiger partial charge in [0.25, 0.3) is 0 Å². The summed E-state index contributed by atoms with van der Waals surface area (Å²) < 4.78 is 0. The molecule has 7 aromatic carbocycles. The van der Waals surface area contributed by atoms with Crippen molar-refractivity contribution >= 4 is 32.7 Å². The van der Waals surface area contributed by atoms with Crippen LogP contribution in [0.25, 0.3) is 111 Å². The Morgan fingerprint density at radius 3 is 1.67 bits per heavy atom. The topological polar surface area (TPSA) is 64.5 Å². The first-order chi connectivity index (χ1) is 30.1. The average Bonchev–Trinajstić information content (AvgIpc) is 3.34. The van der Waals surface area contributed by atoms with Crippen LogP contribution in [0.2, 0.25) is 0 Å². The van der Waals surface area contributed by atoms with Crippen molar-refractivity contribution in [2.24, 2.45) is 0 Å². The van der Waals surface area contributed by atoms with Crippen LogP contribution in [-0.4, -0.2) is 24.9 Å². The second kappa shape index (κ2) is 15.2. The number of fused-ring (bicyclic) bond motifs is 4. The lowest BCUT2D eigenvalue weighted by Crippen LogP contribution is -1.96. The van der Waals surface area contributed by atoms with Crippen molar-refractivity contribution < 1.29 is 0 Å². The Morgan fingerprint density at radius 1 is 0.328 bits per heavy atom. The standard InChI is InChI=1S/C56H37N5/c1-36-32-51(38-12-4-2-5-13-38)59-55-46(36)28-26-40-27-29-49(58-54(40)55)39-24-22-37(23-25-39)42-16-10-18-44(33-42)52-35-53(61-56(60-52)41-14-6-3-7-15-41)45-19-11-17-43(34-45)47-30-31-57-50-21-9-8-20-48(47)50/h2-35H,1H3. The molecule has 11 aromatic rings. The van der Waals surface area contributed by atoms with Crippen LogP contribution in [0, 0.1) is 6.92 Å². The largest absolute Gasteiger partial charge is 0.256 e. The smallest absolute Gasteiger partial charge is 0.160 e. The van der Waals surface area contributed by atoms with Gasteiger partial charge < -0.3 is 0 Å². The Bertz CT molecular complexity index is 3410. The van der Waals surface area contributed by atoms with Crippen LogP contribution < -0.4 is 0 Å². The molecule has 0 aliphatic heterocycles. The number of pyridine rings is 3. The Hall–Kier alpha value is -8.15. The molecule has 5 heteroatoms. The molecule has 11 rings (SSSR count). The lowest BCUT2D eigenvalue weighted by molar-refractivity contribution is 1.18. The molecule has 0 N–H and O–H groups in total. The third-order valence-electron chi connectivity index (χ3n) is 11.5. The van der Waals surface area contributed by atoms with Crippen LogP contribution in [0.4, 0.5) is 0 Å². The van der Waals surface area contributed by atoms with Gasteiger partial charge in [-0.25, -0.2) is 19.9 Å². The highest BCUT2D eigenvalue weighted by molar-refractivity contribution is 6.05. The van der Waals surface area contributed by atoms with Gasteiger partial charge in [-0.15, -0.1) is 0 Å². The fourth-order valence-electron chi connectivity index (χ4n) is 8.30. The van der Waals surface area contributed by atoms with E-state index in [2.05, 4.69) is 182 Å². The highest BCUT2D eigenvalue weighted by atomic mass is 14.9. The molecular formula is C56H37N5. The molecule has 0 aliphatic carbocycles. The number of aryl methyl sites for hydroxylation is 1. The second-order valence-corrected chi connectivity index (χ2v) is 15.4. The lowest BCUT2D eigenvalue weighted by atomic mass is 9.97. The van der Waals surface area contributed by atoms with Gasteiger partial charge in [-0.2, -0.15) is 0 Å². The number of hydrogen-bond donors (Lipinski definition) is 0. The summed E-state index contributed by atoms with van der Waals surface area (Å²) in [6, 6.07) is 69.6. The minimum Gasteiger partial charge on any atom is -0.256 e. The molecule has 4 heterocycles. The molecule has 0 fully saturated rings. The van der Waals surface area contributed by atoms with Crippen LogP contribution >= 0.6 is 0 Å². The molecule has 0 atom stereocenters. The van der Waals surface area contributed by atoms with Gasteiger partial charge in [-0.3, -0.25) is 4.98 Å². The van der Waals surface area contributed by atoms with Crippen LogP contribution in [0.15, 0.2) is 206 Å². The normalized spacial score (nSPS) is 11.4. The van der Waals surface area contributed by atoms with Crippen molar-refractivity contribution in [1.29, 1.82) is 0 Å². The number of para-hydroxylation sites is 1. The first-order valence-electron chi connectivity index (χ1n) is 20.5. The molecule has 4 aromatic heterocycles. The number of hydrogen-bond acceptors (Lipinski definition) is 5.